The van der Waals surface area contributed by atoms with Crippen LogP contribution < -0.4 is 5.14 Å². The van der Waals surface area contributed by atoms with Gasteiger partial charge in [0.15, 0.2) is 5.69 Å². The summed E-state index contributed by atoms with van der Waals surface area (Å²) in [7, 11) is -4.26. The number of sulfonamides is 1. The fourth-order valence-corrected chi connectivity index (χ4v) is 6.72. The van der Waals surface area contributed by atoms with E-state index in [0.717, 1.165) is 47.0 Å². The maximum Gasteiger partial charge on any atom is 0.355 e. The molecule has 2 aromatic carbocycles. The smallest absolute Gasteiger partial charge is 0.355 e. The number of nitrogens with two attached hydrogens (primary N) is 1. The molecule has 0 spiro atoms. The van der Waals surface area contributed by atoms with E-state index >= 15 is 0 Å². The second-order valence-electron chi connectivity index (χ2n) is 10.3. The van der Waals surface area contributed by atoms with Crippen LogP contribution in [0.25, 0.3) is 16.4 Å². The first-order chi connectivity index (χ1) is 21.0. The number of aromatic nitrogens is 4. The van der Waals surface area contributed by atoms with Gasteiger partial charge in [0.05, 0.1) is 33.0 Å². The Kier molecular flexibility index (Phi) is 7.89. The number of rotatable bonds is 8. The highest BCUT2D eigenvalue weighted by molar-refractivity contribution is 7.89. The normalized spacial score (nSPS) is 13.1. The van der Waals surface area contributed by atoms with E-state index in [9.17, 15) is 27.1 Å². The summed E-state index contributed by atoms with van der Waals surface area (Å²) in [6, 6.07) is 8.18. The van der Waals surface area contributed by atoms with Gasteiger partial charge in [-0.15, -0.1) is 22.7 Å². The molecule has 0 radical (unpaired) electrons. The molecule has 0 bridgehead atoms. The van der Waals surface area contributed by atoms with Crippen molar-refractivity contribution in [1.82, 2.24) is 19.7 Å². The van der Waals surface area contributed by atoms with E-state index in [4.69, 9.17) is 10.2 Å². The Morgan fingerprint density at radius 2 is 1.95 bits per heavy atom. The van der Waals surface area contributed by atoms with E-state index in [1.165, 1.54) is 28.8 Å². The third-order valence-electron chi connectivity index (χ3n) is 7.03. The van der Waals surface area contributed by atoms with Crippen LogP contribution in [0.15, 0.2) is 52.9 Å². The number of hydrogen-bond acceptors (Lipinski definition) is 8. The zero-order chi connectivity index (χ0) is 31.2. The number of nitrogens with zero attached hydrogens (tertiary/aromatic N) is 4. The van der Waals surface area contributed by atoms with Crippen LogP contribution in [0, 0.1) is 36.3 Å². The lowest BCUT2D eigenvalue weighted by Crippen LogP contribution is -2.14. The van der Waals surface area contributed by atoms with Gasteiger partial charge in [-0.05, 0) is 73.9 Å². The Labute approximate surface area is 259 Å². The van der Waals surface area contributed by atoms with Crippen LogP contribution in [-0.2, 0) is 22.9 Å². The molecule has 3 aromatic heterocycles. The Morgan fingerprint density at radius 1 is 1.16 bits per heavy atom. The summed E-state index contributed by atoms with van der Waals surface area (Å²) in [4.78, 5) is 20.1. The summed E-state index contributed by atoms with van der Waals surface area (Å²) in [6.07, 6.45) is 4.38. The van der Waals surface area contributed by atoms with E-state index in [-0.39, 0.29) is 17.7 Å². The number of carboxylic acids is 1. The molecule has 1 aliphatic carbocycles. The van der Waals surface area contributed by atoms with Crippen molar-refractivity contribution in [2.75, 3.05) is 0 Å². The number of thiazole rings is 2. The van der Waals surface area contributed by atoms with Crippen LogP contribution in [0.1, 0.15) is 55.6 Å². The Bertz CT molecular complexity index is 2100. The van der Waals surface area contributed by atoms with Crippen molar-refractivity contribution in [3.05, 3.63) is 97.6 Å². The van der Waals surface area contributed by atoms with E-state index in [1.807, 2.05) is 6.92 Å². The largest absolute Gasteiger partial charge is 0.476 e. The standard InChI is InChI=1S/C30H23F2N5O4S3/c1-16-34-14-21(43-16)7-5-19-13-20(6-8-23(19)31)28-22(10-18-4-9-27(24(32)11-18)44(33,40)41)26(12-17-2-3-17)37(36-28)30-35-25(15-42-30)29(38)39/h4,6,8-9,11,13-15,17H,2-3,10,12H2,1H3,(H,38,39)(H2,33,40,41). The first-order valence-electron chi connectivity index (χ1n) is 13.3. The van der Waals surface area contributed by atoms with Gasteiger partial charge in [-0.1, -0.05) is 12.0 Å². The van der Waals surface area contributed by atoms with Gasteiger partial charge < -0.3 is 5.11 Å². The molecule has 6 rings (SSSR count). The number of aromatic carboxylic acids is 1. The monoisotopic (exact) mass is 651 g/mol. The van der Waals surface area contributed by atoms with Crippen LogP contribution in [0.5, 0.6) is 0 Å². The molecule has 5 aromatic rings. The average Bonchev–Trinajstić information content (AvgIpc) is 3.31. The van der Waals surface area contributed by atoms with Gasteiger partial charge >= 0.3 is 5.97 Å². The van der Waals surface area contributed by atoms with Crippen LogP contribution in [0.4, 0.5) is 8.78 Å². The molecule has 1 saturated carbocycles. The Balaban J connectivity index is 1.51. The molecule has 44 heavy (non-hydrogen) atoms. The fraction of sp³-hybridized carbons (Fsp3) is 0.200. The van der Waals surface area contributed by atoms with Gasteiger partial charge in [-0.3, -0.25) is 0 Å². The summed E-state index contributed by atoms with van der Waals surface area (Å²) >= 11 is 2.51. The zero-order valence-corrected chi connectivity index (χ0v) is 25.5. The summed E-state index contributed by atoms with van der Waals surface area (Å²) < 4.78 is 55.0. The summed E-state index contributed by atoms with van der Waals surface area (Å²) in [5.74, 6) is 3.52. The van der Waals surface area contributed by atoms with Gasteiger partial charge in [0.25, 0.3) is 0 Å². The van der Waals surface area contributed by atoms with Gasteiger partial charge in [0, 0.05) is 22.9 Å². The maximum atomic E-state index is 14.9. The predicted molar refractivity (Wildman–Crippen MR) is 161 cm³/mol. The molecule has 224 valence electrons. The molecule has 14 heteroatoms. The highest BCUT2D eigenvalue weighted by Crippen LogP contribution is 2.38. The minimum atomic E-state index is -4.26. The van der Waals surface area contributed by atoms with E-state index in [0.29, 0.717) is 44.7 Å². The first-order valence-corrected chi connectivity index (χ1v) is 16.6. The zero-order valence-electron chi connectivity index (χ0n) is 23.0. The van der Waals surface area contributed by atoms with E-state index in [2.05, 4.69) is 21.8 Å². The van der Waals surface area contributed by atoms with Crippen LogP contribution in [0.3, 0.4) is 0 Å². The average molecular weight is 652 g/mol. The summed E-state index contributed by atoms with van der Waals surface area (Å²) in [5, 5.41) is 22.1. The molecule has 3 N–H and O–H groups in total. The van der Waals surface area contributed by atoms with Gasteiger partial charge in [0.1, 0.15) is 16.5 Å². The quantitative estimate of drug-likeness (QED) is 0.216. The van der Waals surface area contributed by atoms with Crippen molar-refractivity contribution in [3.8, 4) is 28.2 Å². The molecule has 1 fully saturated rings. The first kappa shape index (κ1) is 29.8. The highest BCUT2D eigenvalue weighted by atomic mass is 32.2. The Hall–Kier alpha value is -4.29. The number of carbonyl (C=O) groups is 1. The van der Waals surface area contributed by atoms with Crippen molar-refractivity contribution in [3.63, 3.8) is 0 Å². The number of benzene rings is 2. The molecule has 3 heterocycles. The van der Waals surface area contributed by atoms with Crippen molar-refractivity contribution >= 4 is 38.7 Å². The molecule has 0 atom stereocenters. The fourth-order valence-electron chi connectivity index (χ4n) is 4.73. The van der Waals surface area contributed by atoms with Crippen LogP contribution >= 0.6 is 22.7 Å². The van der Waals surface area contributed by atoms with Crippen molar-refractivity contribution in [1.29, 1.82) is 0 Å². The lowest BCUT2D eigenvalue weighted by Gasteiger charge is -2.10. The van der Waals surface area contributed by atoms with Crippen molar-refractivity contribution in [2.45, 2.75) is 37.5 Å². The minimum absolute atomic E-state index is 0.126. The second kappa shape index (κ2) is 11.7. The van der Waals surface area contributed by atoms with Crippen LogP contribution in [-0.4, -0.2) is 39.2 Å². The molecule has 1 aliphatic rings. The molecule has 9 nitrogen and oxygen atoms in total. The predicted octanol–water partition coefficient (Wildman–Crippen LogP) is 5.33. The maximum absolute atomic E-state index is 14.9. The number of hydrogen-bond donors (Lipinski definition) is 2. The van der Waals surface area contributed by atoms with Crippen molar-refractivity contribution in [2.24, 2.45) is 11.1 Å². The number of primary sulfonamides is 1. The molecular formula is C30H23F2N5O4S3. The minimum Gasteiger partial charge on any atom is -0.476 e. The third-order valence-corrected chi connectivity index (χ3v) is 9.61. The third kappa shape index (κ3) is 6.31. The molecule has 0 unspecified atom stereocenters. The number of halogens is 2. The molecule has 0 amide bonds. The summed E-state index contributed by atoms with van der Waals surface area (Å²) in [6.45, 7) is 1.85. The van der Waals surface area contributed by atoms with Crippen LogP contribution in [0.2, 0.25) is 0 Å². The topological polar surface area (TPSA) is 141 Å². The van der Waals surface area contributed by atoms with Gasteiger partial charge in [0.2, 0.25) is 15.2 Å². The van der Waals surface area contributed by atoms with Gasteiger partial charge in [-0.25, -0.2) is 41.8 Å². The molecule has 0 aliphatic heterocycles. The lowest BCUT2D eigenvalue weighted by molar-refractivity contribution is 0.0691. The summed E-state index contributed by atoms with van der Waals surface area (Å²) in [5.41, 5.74) is 2.92. The number of aryl methyl sites for hydroxylation is 1. The van der Waals surface area contributed by atoms with E-state index < -0.39 is 32.5 Å². The SMILES string of the molecule is Cc1ncc(C#Cc2cc(-c3nn(-c4nc(C(=O)O)cs4)c(CC4CC4)c3Cc3ccc(S(N)(=O)=O)c(F)c3)ccc2F)s1. The molecular weight excluding hydrogens is 629 g/mol. The van der Waals surface area contributed by atoms with E-state index in [1.54, 1.807) is 23.0 Å². The lowest BCUT2D eigenvalue weighted by atomic mass is 9.96. The van der Waals surface area contributed by atoms with Gasteiger partial charge in [-0.2, -0.15) is 5.10 Å². The second-order valence-corrected chi connectivity index (χ2v) is 13.9. The Morgan fingerprint density at radius 3 is 2.59 bits per heavy atom. The molecule has 0 saturated heterocycles. The highest BCUT2D eigenvalue weighted by Gasteiger charge is 2.30. The van der Waals surface area contributed by atoms with Crippen molar-refractivity contribution < 1.29 is 27.1 Å². The number of carboxylic acid groups (broad SMARTS) is 1.